The number of aryl methyl sites for hydroxylation is 1. The number of fused-ring (bicyclic) bond motifs is 2. The molecule has 0 atom stereocenters. The number of amides is 1. The molecule has 3 aromatic rings. The number of esters is 1. The third-order valence-electron chi connectivity index (χ3n) is 4.41. The lowest BCUT2D eigenvalue weighted by molar-refractivity contribution is -0.134. The SMILES string of the molecule is Cc1cccc2c(=O)c3c(O)cc(OC(=O)CCCNC(=O)OC(C)(C)C)cc3oc12. The molecule has 8 heteroatoms. The molecular formula is C23H25NO7. The minimum Gasteiger partial charge on any atom is -0.507 e. The van der Waals surface area contributed by atoms with Crippen LogP contribution in [-0.2, 0) is 9.53 Å². The second-order valence-electron chi connectivity index (χ2n) is 8.20. The van der Waals surface area contributed by atoms with Gasteiger partial charge in [0.1, 0.15) is 33.7 Å². The van der Waals surface area contributed by atoms with Crippen LogP contribution >= 0.6 is 0 Å². The van der Waals surface area contributed by atoms with Gasteiger partial charge in [0.2, 0.25) is 5.43 Å². The number of hydrogen-bond acceptors (Lipinski definition) is 7. The molecule has 8 nitrogen and oxygen atoms in total. The normalized spacial score (nSPS) is 11.5. The molecule has 3 rings (SSSR count). The number of benzene rings is 2. The number of phenolic OH excluding ortho intramolecular Hbond substituents is 1. The average molecular weight is 427 g/mol. The zero-order chi connectivity index (χ0) is 22.8. The molecule has 1 amide bonds. The van der Waals surface area contributed by atoms with E-state index in [9.17, 15) is 19.5 Å². The molecule has 1 heterocycles. The van der Waals surface area contributed by atoms with E-state index < -0.39 is 17.7 Å². The molecule has 0 bridgehead atoms. The maximum Gasteiger partial charge on any atom is 0.407 e. The fourth-order valence-electron chi connectivity index (χ4n) is 3.08. The Morgan fingerprint density at radius 2 is 1.94 bits per heavy atom. The third-order valence-corrected chi connectivity index (χ3v) is 4.41. The zero-order valence-corrected chi connectivity index (χ0v) is 17.9. The maximum absolute atomic E-state index is 12.7. The summed E-state index contributed by atoms with van der Waals surface area (Å²) in [6.07, 6.45) is -0.177. The number of carbonyl (C=O) groups is 2. The number of phenols is 1. The van der Waals surface area contributed by atoms with Crippen LogP contribution in [-0.4, -0.2) is 29.3 Å². The lowest BCUT2D eigenvalue weighted by atomic mass is 10.1. The molecule has 0 saturated heterocycles. The monoisotopic (exact) mass is 427 g/mol. The molecule has 0 fully saturated rings. The van der Waals surface area contributed by atoms with Crippen LogP contribution in [0.1, 0.15) is 39.2 Å². The number of carbonyl (C=O) groups excluding carboxylic acids is 2. The summed E-state index contributed by atoms with van der Waals surface area (Å²) in [6, 6.07) is 7.79. The topological polar surface area (TPSA) is 115 Å². The van der Waals surface area contributed by atoms with Crippen molar-refractivity contribution in [3.05, 3.63) is 46.1 Å². The first kappa shape index (κ1) is 22.1. The molecule has 0 unspecified atom stereocenters. The van der Waals surface area contributed by atoms with E-state index in [0.717, 1.165) is 5.56 Å². The largest absolute Gasteiger partial charge is 0.507 e. The van der Waals surface area contributed by atoms with Crippen LogP contribution in [0.25, 0.3) is 21.9 Å². The number of rotatable bonds is 5. The van der Waals surface area contributed by atoms with Gasteiger partial charge < -0.3 is 24.3 Å². The summed E-state index contributed by atoms with van der Waals surface area (Å²) in [7, 11) is 0. The molecule has 0 saturated carbocycles. The highest BCUT2D eigenvalue weighted by atomic mass is 16.6. The van der Waals surface area contributed by atoms with Crippen molar-refractivity contribution < 1.29 is 28.6 Å². The quantitative estimate of drug-likeness (QED) is 0.272. The highest BCUT2D eigenvalue weighted by Crippen LogP contribution is 2.31. The van der Waals surface area contributed by atoms with Gasteiger partial charge in [-0.15, -0.1) is 0 Å². The first-order valence-electron chi connectivity index (χ1n) is 9.92. The summed E-state index contributed by atoms with van der Waals surface area (Å²) in [6.45, 7) is 7.33. The van der Waals surface area contributed by atoms with Crippen LogP contribution in [0.4, 0.5) is 4.79 Å². The van der Waals surface area contributed by atoms with Crippen LogP contribution in [0.5, 0.6) is 11.5 Å². The second kappa shape index (κ2) is 8.67. The number of aromatic hydroxyl groups is 1. The first-order chi connectivity index (χ1) is 14.5. The van der Waals surface area contributed by atoms with Crippen molar-refractivity contribution >= 4 is 34.0 Å². The molecule has 0 spiro atoms. The van der Waals surface area contributed by atoms with E-state index in [1.54, 1.807) is 32.9 Å². The zero-order valence-electron chi connectivity index (χ0n) is 17.9. The molecule has 0 aliphatic rings. The summed E-state index contributed by atoms with van der Waals surface area (Å²) >= 11 is 0. The predicted molar refractivity (Wildman–Crippen MR) is 115 cm³/mol. The van der Waals surface area contributed by atoms with Gasteiger partial charge in [0, 0.05) is 25.1 Å². The number of para-hydroxylation sites is 1. The molecule has 0 aliphatic heterocycles. The number of alkyl carbamates (subject to hydrolysis) is 1. The average Bonchev–Trinajstić information content (AvgIpc) is 2.64. The molecular weight excluding hydrogens is 402 g/mol. The van der Waals surface area contributed by atoms with E-state index >= 15 is 0 Å². The molecule has 0 aliphatic carbocycles. The van der Waals surface area contributed by atoms with Gasteiger partial charge in [-0.2, -0.15) is 0 Å². The van der Waals surface area contributed by atoms with E-state index in [1.807, 2.05) is 13.0 Å². The van der Waals surface area contributed by atoms with E-state index in [-0.39, 0.29) is 40.9 Å². The molecule has 2 aromatic carbocycles. The Hall–Kier alpha value is -3.55. The van der Waals surface area contributed by atoms with Crippen molar-refractivity contribution in [2.24, 2.45) is 0 Å². The Bertz CT molecular complexity index is 1200. The van der Waals surface area contributed by atoms with E-state index in [1.165, 1.54) is 12.1 Å². The van der Waals surface area contributed by atoms with Gasteiger partial charge in [0.05, 0.1) is 5.39 Å². The second-order valence-corrected chi connectivity index (χ2v) is 8.20. The van der Waals surface area contributed by atoms with E-state index in [0.29, 0.717) is 17.4 Å². The summed E-state index contributed by atoms with van der Waals surface area (Å²) in [5.41, 5.74) is 0.358. The van der Waals surface area contributed by atoms with Crippen molar-refractivity contribution in [1.82, 2.24) is 5.32 Å². The van der Waals surface area contributed by atoms with Crippen LogP contribution in [0.3, 0.4) is 0 Å². The van der Waals surface area contributed by atoms with Crippen LogP contribution < -0.4 is 15.5 Å². The lowest BCUT2D eigenvalue weighted by Crippen LogP contribution is -2.33. The predicted octanol–water partition coefficient (Wildman–Crippen LogP) is 4.17. The fraction of sp³-hybridized carbons (Fsp3) is 0.348. The highest BCUT2D eigenvalue weighted by molar-refractivity contribution is 5.95. The fourth-order valence-corrected chi connectivity index (χ4v) is 3.08. The molecule has 0 radical (unpaired) electrons. The van der Waals surface area contributed by atoms with Crippen LogP contribution in [0.2, 0.25) is 0 Å². The molecule has 2 N–H and O–H groups in total. The molecule has 31 heavy (non-hydrogen) atoms. The first-order valence-corrected chi connectivity index (χ1v) is 9.92. The third kappa shape index (κ3) is 5.33. The maximum atomic E-state index is 12.7. The summed E-state index contributed by atoms with van der Waals surface area (Å²) in [5.74, 6) is -0.820. The summed E-state index contributed by atoms with van der Waals surface area (Å²) < 4.78 is 16.2. The van der Waals surface area contributed by atoms with E-state index in [4.69, 9.17) is 13.9 Å². The lowest BCUT2D eigenvalue weighted by Gasteiger charge is -2.19. The van der Waals surface area contributed by atoms with Gasteiger partial charge in [0.15, 0.2) is 0 Å². The number of hydrogen-bond donors (Lipinski definition) is 2. The smallest absolute Gasteiger partial charge is 0.407 e. The Labute approximate surface area is 178 Å². The van der Waals surface area contributed by atoms with Gasteiger partial charge in [-0.3, -0.25) is 9.59 Å². The minimum atomic E-state index is -0.597. The molecule has 164 valence electrons. The van der Waals surface area contributed by atoms with Gasteiger partial charge in [-0.05, 0) is 45.7 Å². The van der Waals surface area contributed by atoms with Gasteiger partial charge in [-0.25, -0.2) is 4.79 Å². The summed E-state index contributed by atoms with van der Waals surface area (Å²) in [4.78, 5) is 36.5. The van der Waals surface area contributed by atoms with Crippen molar-refractivity contribution in [2.75, 3.05) is 6.54 Å². The van der Waals surface area contributed by atoms with Crippen molar-refractivity contribution in [3.63, 3.8) is 0 Å². The van der Waals surface area contributed by atoms with Crippen molar-refractivity contribution in [3.8, 4) is 11.5 Å². The van der Waals surface area contributed by atoms with E-state index in [2.05, 4.69) is 5.32 Å². The van der Waals surface area contributed by atoms with Crippen LogP contribution in [0.15, 0.2) is 39.5 Å². The standard InChI is InChI=1S/C23H25NO7/c1-13-7-5-8-15-20(27)19-16(25)11-14(12-17(19)30-21(13)15)29-18(26)9-6-10-24-22(28)31-23(2,3)4/h5,7-8,11-12,25H,6,9-10H2,1-4H3,(H,24,28). The Morgan fingerprint density at radius 1 is 1.19 bits per heavy atom. The number of nitrogens with one attached hydrogen (secondary N) is 1. The van der Waals surface area contributed by atoms with Crippen molar-refractivity contribution in [2.45, 2.75) is 46.1 Å². The van der Waals surface area contributed by atoms with Gasteiger partial charge in [-0.1, -0.05) is 12.1 Å². The Balaban J connectivity index is 1.69. The summed E-state index contributed by atoms with van der Waals surface area (Å²) in [5, 5.41) is 13.3. The Morgan fingerprint density at radius 3 is 2.65 bits per heavy atom. The highest BCUT2D eigenvalue weighted by Gasteiger charge is 2.17. The molecule has 1 aromatic heterocycles. The van der Waals surface area contributed by atoms with Crippen molar-refractivity contribution in [1.29, 1.82) is 0 Å². The Kier molecular flexibility index (Phi) is 6.19. The van der Waals surface area contributed by atoms with Crippen LogP contribution in [0, 0.1) is 6.92 Å². The van der Waals surface area contributed by atoms with Gasteiger partial charge in [0.25, 0.3) is 0 Å². The number of ether oxygens (including phenoxy) is 2. The van der Waals surface area contributed by atoms with Gasteiger partial charge >= 0.3 is 12.1 Å². The minimum absolute atomic E-state index is 0.0273.